The first-order valence-corrected chi connectivity index (χ1v) is 7.28. The number of Topliss-reactive ketones (excluding diaryl/α,β-unsaturated/α-hetero) is 1. The van der Waals surface area contributed by atoms with Crippen LogP contribution in [-0.4, -0.2) is 25.8 Å². The summed E-state index contributed by atoms with van der Waals surface area (Å²) < 4.78 is 27.7. The Bertz CT molecular complexity index is 921. The second-order valence-corrected chi connectivity index (χ2v) is 5.44. The van der Waals surface area contributed by atoms with Crippen LogP contribution in [0, 0.1) is 25.5 Å². The first-order chi connectivity index (χ1) is 11.5. The zero-order valence-corrected chi connectivity index (χ0v) is 13.1. The van der Waals surface area contributed by atoms with E-state index in [1.54, 1.807) is 19.2 Å². The topological polar surface area (TPSA) is 60.7 Å². The van der Waals surface area contributed by atoms with E-state index in [0.717, 1.165) is 23.4 Å². The highest BCUT2D eigenvalue weighted by molar-refractivity contribution is 5.96. The molecule has 1 aromatic carbocycles. The van der Waals surface area contributed by atoms with Crippen molar-refractivity contribution in [2.45, 2.75) is 20.3 Å². The highest BCUT2D eigenvalue weighted by atomic mass is 19.2. The fourth-order valence-electron chi connectivity index (χ4n) is 2.43. The van der Waals surface area contributed by atoms with Gasteiger partial charge in [0.05, 0.1) is 11.4 Å². The summed E-state index contributed by atoms with van der Waals surface area (Å²) in [6, 6.07) is 6.98. The lowest BCUT2D eigenvalue weighted by Crippen LogP contribution is -2.07. The third kappa shape index (κ3) is 3.05. The first kappa shape index (κ1) is 15.9. The summed E-state index contributed by atoms with van der Waals surface area (Å²) in [6.45, 7) is 3.50. The van der Waals surface area contributed by atoms with Gasteiger partial charge in [-0.15, -0.1) is 5.10 Å². The number of ketones is 1. The van der Waals surface area contributed by atoms with Crippen molar-refractivity contribution in [1.29, 1.82) is 0 Å². The van der Waals surface area contributed by atoms with Crippen molar-refractivity contribution in [1.82, 2.24) is 20.0 Å². The molecular weight excluding hydrogens is 314 g/mol. The molecule has 2 aromatic heterocycles. The van der Waals surface area contributed by atoms with Gasteiger partial charge in [-0.3, -0.25) is 9.78 Å². The highest BCUT2D eigenvalue weighted by Gasteiger charge is 2.18. The van der Waals surface area contributed by atoms with Gasteiger partial charge in [-0.1, -0.05) is 5.21 Å². The molecule has 0 saturated heterocycles. The number of carbonyl (C=O) groups excluding carboxylic acids is 1. The van der Waals surface area contributed by atoms with Crippen LogP contribution >= 0.6 is 0 Å². The number of hydrogen-bond donors (Lipinski definition) is 0. The Balaban J connectivity index is 1.89. The lowest BCUT2D eigenvalue weighted by Gasteiger charge is -2.04. The van der Waals surface area contributed by atoms with Crippen molar-refractivity contribution in [2.75, 3.05) is 0 Å². The Labute approximate surface area is 137 Å². The van der Waals surface area contributed by atoms with E-state index in [1.165, 1.54) is 10.7 Å². The van der Waals surface area contributed by atoms with Gasteiger partial charge in [-0.2, -0.15) is 0 Å². The van der Waals surface area contributed by atoms with Crippen molar-refractivity contribution in [3.8, 4) is 5.69 Å². The Morgan fingerprint density at radius 3 is 2.62 bits per heavy atom. The number of pyridine rings is 1. The molecule has 0 radical (unpaired) electrons. The molecule has 0 atom stereocenters. The number of nitrogens with zero attached hydrogens (tertiary/aromatic N) is 4. The molecule has 0 aliphatic heterocycles. The van der Waals surface area contributed by atoms with E-state index in [9.17, 15) is 13.6 Å². The first-order valence-electron chi connectivity index (χ1n) is 7.28. The van der Waals surface area contributed by atoms with Crippen LogP contribution in [0.1, 0.15) is 27.4 Å². The van der Waals surface area contributed by atoms with Gasteiger partial charge < -0.3 is 0 Å². The van der Waals surface area contributed by atoms with Crippen LogP contribution in [0.3, 0.4) is 0 Å². The van der Waals surface area contributed by atoms with Gasteiger partial charge in [-0.25, -0.2) is 13.5 Å². The van der Waals surface area contributed by atoms with E-state index in [-0.39, 0.29) is 17.9 Å². The molecule has 3 aromatic rings. The predicted octanol–water partition coefficient (Wildman–Crippen LogP) is 2.98. The van der Waals surface area contributed by atoms with E-state index < -0.39 is 11.6 Å². The van der Waals surface area contributed by atoms with Crippen LogP contribution in [0.4, 0.5) is 8.78 Å². The van der Waals surface area contributed by atoms with E-state index in [0.29, 0.717) is 11.4 Å². The van der Waals surface area contributed by atoms with Gasteiger partial charge in [0.1, 0.15) is 0 Å². The van der Waals surface area contributed by atoms with E-state index in [2.05, 4.69) is 15.3 Å². The molecule has 7 heteroatoms. The van der Waals surface area contributed by atoms with Gasteiger partial charge in [0.15, 0.2) is 23.1 Å². The van der Waals surface area contributed by atoms with Crippen molar-refractivity contribution < 1.29 is 13.6 Å². The monoisotopic (exact) mass is 328 g/mol. The number of aromatic nitrogens is 4. The highest BCUT2D eigenvalue weighted by Crippen LogP contribution is 2.17. The second kappa shape index (κ2) is 6.27. The molecule has 0 amide bonds. The quantitative estimate of drug-likeness (QED) is 0.691. The summed E-state index contributed by atoms with van der Waals surface area (Å²) in [5.41, 5.74) is 2.63. The zero-order valence-electron chi connectivity index (χ0n) is 13.1. The molecule has 0 aliphatic rings. The largest absolute Gasteiger partial charge is 0.292 e. The molecule has 5 nitrogen and oxygen atoms in total. The lowest BCUT2D eigenvalue weighted by molar-refractivity contribution is 0.0987. The van der Waals surface area contributed by atoms with Crippen LogP contribution < -0.4 is 0 Å². The smallest absolute Gasteiger partial charge is 0.189 e. The second-order valence-electron chi connectivity index (χ2n) is 5.44. The third-order valence-electron chi connectivity index (χ3n) is 3.63. The number of aryl methyl sites for hydroxylation is 1. The number of hydrogen-bond acceptors (Lipinski definition) is 4. The van der Waals surface area contributed by atoms with Crippen molar-refractivity contribution in [2.24, 2.45) is 0 Å². The number of benzene rings is 1. The standard InChI is InChI=1S/C17H14F2N4O/c1-10-7-12(5-6-20-10)8-16(24)17-11(2)23(22-21-17)13-3-4-14(18)15(19)9-13/h3-7,9H,8H2,1-2H3. The fourth-order valence-corrected chi connectivity index (χ4v) is 2.43. The average Bonchev–Trinajstić information content (AvgIpc) is 2.92. The molecule has 0 unspecified atom stereocenters. The van der Waals surface area contributed by atoms with Crippen molar-refractivity contribution >= 4 is 5.78 Å². The maximum atomic E-state index is 13.4. The molecule has 24 heavy (non-hydrogen) atoms. The van der Waals surface area contributed by atoms with Crippen LogP contribution in [0.25, 0.3) is 5.69 Å². The Morgan fingerprint density at radius 1 is 1.12 bits per heavy atom. The van der Waals surface area contributed by atoms with Crippen molar-refractivity contribution in [3.05, 3.63) is 70.8 Å². The molecule has 0 aliphatic carbocycles. The summed E-state index contributed by atoms with van der Waals surface area (Å²) in [5.74, 6) is -2.13. The predicted molar refractivity (Wildman–Crippen MR) is 83.0 cm³/mol. The van der Waals surface area contributed by atoms with Gasteiger partial charge in [-0.05, 0) is 43.7 Å². The molecule has 0 spiro atoms. The normalized spacial score (nSPS) is 10.8. The summed E-state index contributed by atoms with van der Waals surface area (Å²) in [4.78, 5) is 16.5. The van der Waals surface area contributed by atoms with Crippen LogP contribution in [0.15, 0.2) is 36.5 Å². The lowest BCUT2D eigenvalue weighted by atomic mass is 10.1. The minimum Gasteiger partial charge on any atom is -0.292 e. The van der Waals surface area contributed by atoms with Crippen LogP contribution in [0.2, 0.25) is 0 Å². The van der Waals surface area contributed by atoms with Gasteiger partial charge >= 0.3 is 0 Å². The number of carbonyl (C=O) groups is 1. The maximum absolute atomic E-state index is 13.4. The molecule has 0 saturated carbocycles. The number of rotatable bonds is 4. The summed E-state index contributed by atoms with van der Waals surface area (Å²) >= 11 is 0. The molecule has 0 bridgehead atoms. The SMILES string of the molecule is Cc1cc(CC(=O)c2nnn(-c3ccc(F)c(F)c3)c2C)ccn1. The molecule has 122 valence electrons. The summed E-state index contributed by atoms with van der Waals surface area (Å²) in [7, 11) is 0. The minimum absolute atomic E-state index is 0.167. The zero-order chi connectivity index (χ0) is 17.3. The van der Waals surface area contributed by atoms with Gasteiger partial charge in [0, 0.05) is 24.4 Å². The third-order valence-corrected chi connectivity index (χ3v) is 3.63. The van der Waals surface area contributed by atoms with Gasteiger partial charge in [0.2, 0.25) is 0 Å². The minimum atomic E-state index is -0.984. The van der Waals surface area contributed by atoms with E-state index >= 15 is 0 Å². The summed E-state index contributed by atoms with van der Waals surface area (Å²) in [5, 5.41) is 7.78. The average molecular weight is 328 g/mol. The van der Waals surface area contributed by atoms with E-state index in [1.807, 2.05) is 13.0 Å². The molecule has 0 N–H and O–H groups in total. The van der Waals surface area contributed by atoms with E-state index in [4.69, 9.17) is 0 Å². The van der Waals surface area contributed by atoms with Gasteiger partial charge in [0.25, 0.3) is 0 Å². The van der Waals surface area contributed by atoms with Crippen molar-refractivity contribution in [3.63, 3.8) is 0 Å². The fraction of sp³-hybridized carbons (Fsp3) is 0.176. The Hall–Kier alpha value is -2.96. The summed E-state index contributed by atoms with van der Waals surface area (Å²) in [6.07, 6.45) is 1.81. The Morgan fingerprint density at radius 2 is 1.92 bits per heavy atom. The number of halogens is 2. The molecular formula is C17H14F2N4O. The molecule has 2 heterocycles. The van der Waals surface area contributed by atoms with Crippen LogP contribution in [0.5, 0.6) is 0 Å². The maximum Gasteiger partial charge on any atom is 0.189 e. The molecule has 3 rings (SSSR count). The van der Waals surface area contributed by atoms with Crippen LogP contribution in [-0.2, 0) is 6.42 Å². The molecule has 0 fully saturated rings. The Kier molecular flexibility index (Phi) is 4.16.